The topological polar surface area (TPSA) is 104 Å². The molecule has 2 aromatic heterocycles. The monoisotopic (exact) mass is 503 g/mol. The van der Waals surface area contributed by atoms with Crippen LogP contribution in [0.2, 0.25) is 5.02 Å². The van der Waals surface area contributed by atoms with E-state index < -0.39 is 16.0 Å². The summed E-state index contributed by atoms with van der Waals surface area (Å²) >= 11 is 6.36. The van der Waals surface area contributed by atoms with Crippen molar-refractivity contribution in [1.29, 1.82) is 0 Å². The van der Waals surface area contributed by atoms with Gasteiger partial charge in [-0.05, 0) is 49.4 Å². The number of benzene rings is 2. The maximum Gasteiger partial charge on any atom is 0.374 e. The Morgan fingerprint density at radius 3 is 2.47 bits per heavy atom. The van der Waals surface area contributed by atoms with Gasteiger partial charge in [0.15, 0.2) is 0 Å². The number of carbonyl (C=O) groups is 1. The Bertz CT molecular complexity index is 1550. The smallest absolute Gasteiger partial charge is 0.374 e. The van der Waals surface area contributed by atoms with Gasteiger partial charge in [-0.1, -0.05) is 23.7 Å². The third kappa shape index (κ3) is 4.10. The van der Waals surface area contributed by atoms with Crippen LogP contribution in [0.25, 0.3) is 11.0 Å². The number of hydrogen-bond acceptors (Lipinski definition) is 6. The number of ether oxygens (including phenoxy) is 1. The molecule has 0 spiro atoms. The van der Waals surface area contributed by atoms with Crippen molar-refractivity contribution in [2.24, 2.45) is 14.1 Å². The van der Waals surface area contributed by atoms with Gasteiger partial charge < -0.3 is 9.15 Å². The zero-order valence-corrected chi connectivity index (χ0v) is 20.3. The molecule has 0 fully saturated rings. The number of sulfonamides is 1. The summed E-state index contributed by atoms with van der Waals surface area (Å²) in [4.78, 5) is 24.2. The molecule has 0 aliphatic carbocycles. The van der Waals surface area contributed by atoms with E-state index >= 15 is 0 Å². The SMILES string of the molecule is CCOC(=O)c1ccc(CN(c2ccccc2Cl)S(=O)(=O)c2ccc3c(c2)n(C)c(=O)n3C)o1. The number of rotatable bonds is 7. The van der Waals surface area contributed by atoms with E-state index in [1.807, 2.05) is 0 Å². The Labute approximate surface area is 200 Å². The first kappa shape index (κ1) is 23.7. The highest BCUT2D eigenvalue weighted by molar-refractivity contribution is 7.92. The Balaban J connectivity index is 1.81. The van der Waals surface area contributed by atoms with E-state index in [1.54, 1.807) is 51.4 Å². The molecule has 178 valence electrons. The third-order valence-corrected chi connectivity index (χ3v) is 7.47. The molecular formula is C23H22ClN3O6S. The molecule has 2 heterocycles. The zero-order chi connectivity index (χ0) is 24.6. The maximum absolute atomic E-state index is 13.8. The average Bonchev–Trinajstić information content (AvgIpc) is 3.37. The van der Waals surface area contributed by atoms with Gasteiger partial charge in [0.1, 0.15) is 5.76 Å². The molecule has 0 saturated carbocycles. The number of halogens is 1. The second kappa shape index (κ2) is 9.03. The number of para-hydroxylation sites is 1. The van der Waals surface area contributed by atoms with Crippen molar-refractivity contribution in [2.75, 3.05) is 10.9 Å². The van der Waals surface area contributed by atoms with Crippen molar-refractivity contribution in [1.82, 2.24) is 9.13 Å². The summed E-state index contributed by atoms with van der Waals surface area (Å²) in [7, 11) is -0.966. The molecule has 0 radical (unpaired) electrons. The van der Waals surface area contributed by atoms with Crippen LogP contribution in [0.5, 0.6) is 0 Å². The molecule has 0 atom stereocenters. The number of fused-ring (bicyclic) bond motifs is 1. The minimum atomic E-state index is -4.16. The van der Waals surface area contributed by atoms with E-state index in [0.29, 0.717) is 11.0 Å². The quantitative estimate of drug-likeness (QED) is 0.356. The number of carbonyl (C=O) groups excluding carboxylic acids is 1. The van der Waals surface area contributed by atoms with Crippen LogP contribution < -0.4 is 9.99 Å². The molecule has 4 aromatic rings. The predicted molar refractivity (Wildman–Crippen MR) is 128 cm³/mol. The van der Waals surface area contributed by atoms with Crippen LogP contribution in [0.15, 0.2) is 68.7 Å². The third-order valence-electron chi connectivity index (χ3n) is 5.39. The molecule has 4 rings (SSSR count). The summed E-state index contributed by atoms with van der Waals surface area (Å²) in [6.07, 6.45) is 0. The Morgan fingerprint density at radius 1 is 1.06 bits per heavy atom. The fourth-order valence-corrected chi connectivity index (χ4v) is 5.40. The largest absolute Gasteiger partial charge is 0.460 e. The van der Waals surface area contributed by atoms with Gasteiger partial charge in [0.25, 0.3) is 10.0 Å². The van der Waals surface area contributed by atoms with Crippen molar-refractivity contribution in [3.05, 3.63) is 81.6 Å². The van der Waals surface area contributed by atoms with E-state index in [1.165, 1.54) is 33.4 Å². The Hall–Kier alpha value is -3.50. The highest BCUT2D eigenvalue weighted by Gasteiger charge is 2.29. The molecule has 9 nitrogen and oxygen atoms in total. The zero-order valence-electron chi connectivity index (χ0n) is 18.7. The molecule has 11 heteroatoms. The van der Waals surface area contributed by atoms with Gasteiger partial charge >= 0.3 is 11.7 Å². The van der Waals surface area contributed by atoms with Gasteiger partial charge in [0.05, 0.1) is 39.8 Å². The molecule has 34 heavy (non-hydrogen) atoms. The van der Waals surface area contributed by atoms with Crippen LogP contribution in [0.4, 0.5) is 5.69 Å². The van der Waals surface area contributed by atoms with Crippen LogP contribution in [0.3, 0.4) is 0 Å². The van der Waals surface area contributed by atoms with Gasteiger partial charge in [0.2, 0.25) is 5.76 Å². The lowest BCUT2D eigenvalue weighted by molar-refractivity contribution is 0.0488. The number of aryl methyl sites for hydroxylation is 2. The number of aromatic nitrogens is 2. The average molecular weight is 504 g/mol. The molecule has 0 saturated heterocycles. The lowest BCUT2D eigenvalue weighted by atomic mass is 10.3. The summed E-state index contributed by atoms with van der Waals surface area (Å²) < 4.78 is 42.1. The molecule has 2 aromatic carbocycles. The number of nitrogens with zero attached hydrogens (tertiary/aromatic N) is 3. The van der Waals surface area contributed by atoms with Crippen molar-refractivity contribution >= 4 is 44.3 Å². The number of imidazole rings is 1. The predicted octanol–water partition coefficient (Wildman–Crippen LogP) is 3.70. The van der Waals surface area contributed by atoms with E-state index in [2.05, 4.69) is 0 Å². The molecular weight excluding hydrogens is 482 g/mol. The summed E-state index contributed by atoms with van der Waals surface area (Å²) in [5.41, 5.74) is 1.03. The van der Waals surface area contributed by atoms with Gasteiger partial charge in [-0.3, -0.25) is 13.4 Å². The van der Waals surface area contributed by atoms with Crippen LogP contribution in [0, 0.1) is 0 Å². The Kier molecular flexibility index (Phi) is 6.28. The second-order valence-electron chi connectivity index (χ2n) is 7.50. The molecule has 0 amide bonds. The molecule has 0 N–H and O–H groups in total. The molecule has 0 aliphatic heterocycles. The number of esters is 1. The van der Waals surface area contributed by atoms with Gasteiger partial charge in [-0.2, -0.15) is 0 Å². The fraction of sp³-hybridized carbons (Fsp3) is 0.217. The molecule has 0 unspecified atom stereocenters. The first-order chi connectivity index (χ1) is 16.1. The van der Waals surface area contributed by atoms with E-state index in [0.717, 1.165) is 4.31 Å². The van der Waals surface area contributed by atoms with Crippen molar-refractivity contribution in [3.63, 3.8) is 0 Å². The van der Waals surface area contributed by atoms with Crippen molar-refractivity contribution in [3.8, 4) is 0 Å². The van der Waals surface area contributed by atoms with Gasteiger partial charge in [-0.25, -0.2) is 18.0 Å². The molecule has 0 aliphatic rings. The number of hydrogen-bond donors (Lipinski definition) is 0. The molecule has 0 bridgehead atoms. The summed E-state index contributed by atoms with van der Waals surface area (Å²) in [5, 5.41) is 0.219. The van der Waals surface area contributed by atoms with E-state index in [-0.39, 0.29) is 46.0 Å². The summed E-state index contributed by atoms with van der Waals surface area (Å²) in [6, 6.07) is 13.9. The van der Waals surface area contributed by atoms with Crippen LogP contribution in [0.1, 0.15) is 23.2 Å². The lowest BCUT2D eigenvalue weighted by Gasteiger charge is -2.24. The van der Waals surface area contributed by atoms with Crippen LogP contribution >= 0.6 is 11.6 Å². The minimum absolute atomic E-state index is 0.0294. The first-order valence-electron chi connectivity index (χ1n) is 10.3. The second-order valence-corrected chi connectivity index (χ2v) is 9.77. The maximum atomic E-state index is 13.8. The summed E-state index contributed by atoms with van der Waals surface area (Å²) in [5.74, 6) is -0.454. The highest BCUT2D eigenvalue weighted by atomic mass is 35.5. The highest BCUT2D eigenvalue weighted by Crippen LogP contribution is 2.33. The van der Waals surface area contributed by atoms with Gasteiger partial charge in [0, 0.05) is 14.1 Å². The minimum Gasteiger partial charge on any atom is -0.460 e. The van der Waals surface area contributed by atoms with E-state index in [4.69, 9.17) is 20.8 Å². The fourth-order valence-electron chi connectivity index (χ4n) is 3.64. The number of furan rings is 1. The standard InChI is InChI=1S/C23H22ClN3O6S/c1-4-32-22(28)21-12-9-15(33-21)14-27(18-8-6-5-7-17(18)24)34(30,31)16-10-11-19-20(13-16)26(3)23(29)25(19)2/h5-13H,4,14H2,1-3H3. The first-order valence-corrected chi connectivity index (χ1v) is 12.2. The lowest BCUT2D eigenvalue weighted by Crippen LogP contribution is -2.30. The van der Waals surface area contributed by atoms with Gasteiger partial charge in [-0.15, -0.1) is 0 Å². The van der Waals surface area contributed by atoms with Crippen LogP contribution in [-0.2, 0) is 35.4 Å². The Morgan fingerprint density at radius 2 is 1.76 bits per heavy atom. The normalized spacial score (nSPS) is 11.6. The van der Waals surface area contributed by atoms with Crippen LogP contribution in [-0.4, -0.2) is 30.1 Å². The van der Waals surface area contributed by atoms with Crippen molar-refractivity contribution < 1.29 is 22.4 Å². The summed E-state index contributed by atoms with van der Waals surface area (Å²) in [6.45, 7) is 1.63. The van der Waals surface area contributed by atoms with E-state index in [9.17, 15) is 18.0 Å². The van der Waals surface area contributed by atoms with Crippen molar-refractivity contribution in [2.45, 2.75) is 18.4 Å². The number of anilines is 1.